The first kappa shape index (κ1) is 25.5. The van der Waals surface area contributed by atoms with Crippen LogP contribution in [0.2, 0.25) is 0 Å². The van der Waals surface area contributed by atoms with E-state index in [0.29, 0.717) is 0 Å². The van der Waals surface area contributed by atoms with Crippen molar-refractivity contribution in [1.82, 2.24) is 0 Å². The first-order valence-electron chi connectivity index (χ1n) is 4.23. The molecule has 0 aliphatic heterocycles. The molecule has 18 heavy (non-hydrogen) atoms. The molecule has 0 N–H and O–H groups in total. The second-order valence-corrected chi connectivity index (χ2v) is 8.84. The Bertz CT molecular complexity index is 343. The Hall–Kier alpha value is 2.58. The van der Waals surface area contributed by atoms with E-state index < -0.39 is 17.5 Å². The average Bonchev–Trinajstić information content (AvgIpc) is 2.06. The van der Waals surface area contributed by atoms with Gasteiger partial charge >= 0.3 is 59.1 Å². The van der Waals surface area contributed by atoms with Crippen molar-refractivity contribution < 1.29 is 86.1 Å². The molecule has 0 bridgehead atoms. The SMILES string of the molecule is O=S([O-])(=S)CCOCCOCCS(=O)([O-])=S.[Na+].[Na+]. The molecule has 0 saturated carbocycles. The normalized spacial score (nSPS) is 16.8. The fraction of sp³-hybridized carbons (Fsp3) is 1.00. The van der Waals surface area contributed by atoms with E-state index in [4.69, 9.17) is 9.47 Å². The van der Waals surface area contributed by atoms with Crippen molar-refractivity contribution in [3.63, 3.8) is 0 Å². The van der Waals surface area contributed by atoms with Gasteiger partial charge in [0.15, 0.2) is 0 Å². The maximum Gasteiger partial charge on any atom is 1.00 e. The van der Waals surface area contributed by atoms with Crippen LogP contribution < -0.4 is 59.1 Å². The second kappa shape index (κ2) is 13.3. The van der Waals surface area contributed by atoms with Crippen molar-refractivity contribution in [3.8, 4) is 0 Å². The molecule has 0 heterocycles. The van der Waals surface area contributed by atoms with Gasteiger partial charge in [0, 0.05) is 11.5 Å². The maximum atomic E-state index is 10.5. The summed E-state index contributed by atoms with van der Waals surface area (Å²) in [6.45, 7) is 0.383. The monoisotopic (exact) mass is 354 g/mol. The Balaban J connectivity index is -0.00000112. The number of hydrogen-bond donors (Lipinski definition) is 0. The van der Waals surface area contributed by atoms with Gasteiger partial charge in [-0.2, -0.15) is 0 Å². The van der Waals surface area contributed by atoms with E-state index in [1.165, 1.54) is 0 Å². The Morgan fingerprint density at radius 3 is 1.28 bits per heavy atom. The Labute approximate surface area is 162 Å². The predicted molar refractivity (Wildman–Crippen MR) is 63.9 cm³/mol. The van der Waals surface area contributed by atoms with E-state index in [-0.39, 0.29) is 97.0 Å². The van der Waals surface area contributed by atoms with E-state index in [2.05, 4.69) is 22.4 Å². The summed E-state index contributed by atoms with van der Waals surface area (Å²) in [7, 11) is -6.83. The first-order valence-corrected chi connectivity index (χ1v) is 9.39. The predicted octanol–water partition coefficient (Wildman–Crippen LogP) is -7.22. The number of rotatable bonds is 9. The Morgan fingerprint density at radius 2 is 1.06 bits per heavy atom. The summed E-state index contributed by atoms with van der Waals surface area (Å²) in [5.41, 5.74) is 0. The summed E-state index contributed by atoms with van der Waals surface area (Å²) in [4.78, 5) is 0. The van der Waals surface area contributed by atoms with Gasteiger partial charge in [0.2, 0.25) is 0 Å². The van der Waals surface area contributed by atoms with Gasteiger partial charge in [-0.3, -0.25) is 8.42 Å². The van der Waals surface area contributed by atoms with E-state index in [9.17, 15) is 17.5 Å². The van der Waals surface area contributed by atoms with Crippen LogP contribution in [-0.2, 0) is 49.4 Å². The molecule has 0 aliphatic carbocycles. The minimum atomic E-state index is -3.42. The summed E-state index contributed by atoms with van der Waals surface area (Å²) in [5.74, 6) is -0.439. The van der Waals surface area contributed by atoms with E-state index in [1.54, 1.807) is 0 Å². The molecular weight excluding hydrogens is 342 g/mol. The van der Waals surface area contributed by atoms with Gasteiger partial charge in [0.1, 0.15) is 0 Å². The van der Waals surface area contributed by atoms with Gasteiger partial charge in [0.05, 0.1) is 26.4 Å². The van der Waals surface area contributed by atoms with E-state index in [0.717, 1.165) is 0 Å². The molecule has 0 radical (unpaired) electrons. The van der Waals surface area contributed by atoms with Crippen LogP contribution >= 0.6 is 0 Å². The molecule has 0 aromatic rings. The molecular formula is C6H12Na2O6S4. The standard InChI is InChI=1S/C6H14O6S4.2Na/c7-15(8,13)5-3-11-1-2-12-4-6-16(9,10)14;;/h1-6H2,(H,7,8,13)(H,9,10,14);;/q;2*+1/p-2. The molecule has 98 valence electrons. The average molecular weight is 354 g/mol. The van der Waals surface area contributed by atoms with Crippen molar-refractivity contribution in [1.29, 1.82) is 0 Å². The van der Waals surface area contributed by atoms with Crippen molar-refractivity contribution >= 4 is 39.9 Å². The van der Waals surface area contributed by atoms with Gasteiger partial charge in [-0.1, -0.05) is 0 Å². The largest absolute Gasteiger partial charge is 1.00 e. The van der Waals surface area contributed by atoms with Crippen LogP contribution in [0.15, 0.2) is 0 Å². The quantitative estimate of drug-likeness (QED) is 0.298. The van der Waals surface area contributed by atoms with Gasteiger partial charge in [-0.25, -0.2) is 0 Å². The molecule has 0 saturated heterocycles. The Morgan fingerprint density at radius 1 is 0.778 bits per heavy atom. The van der Waals surface area contributed by atoms with Crippen molar-refractivity contribution in [2.45, 2.75) is 0 Å². The maximum absolute atomic E-state index is 10.5. The smallest absolute Gasteiger partial charge is 0.769 e. The third-order valence-corrected chi connectivity index (χ3v) is 3.66. The molecule has 0 spiro atoms. The third kappa shape index (κ3) is 23.7. The van der Waals surface area contributed by atoms with Crippen LogP contribution in [0.3, 0.4) is 0 Å². The summed E-state index contributed by atoms with van der Waals surface area (Å²) in [6, 6.07) is 0. The van der Waals surface area contributed by atoms with Gasteiger partial charge in [-0.15, -0.1) is 0 Å². The van der Waals surface area contributed by atoms with Crippen molar-refractivity contribution in [3.05, 3.63) is 0 Å². The third-order valence-electron chi connectivity index (χ3n) is 1.33. The van der Waals surface area contributed by atoms with Crippen molar-refractivity contribution in [2.75, 3.05) is 37.9 Å². The molecule has 2 unspecified atom stereocenters. The van der Waals surface area contributed by atoms with Crippen LogP contribution in [-0.4, -0.2) is 55.5 Å². The van der Waals surface area contributed by atoms with Crippen LogP contribution in [0.5, 0.6) is 0 Å². The zero-order valence-corrected chi connectivity index (χ0v) is 17.6. The van der Waals surface area contributed by atoms with Gasteiger partial charge in [0.25, 0.3) is 0 Å². The first-order chi connectivity index (χ1) is 7.21. The molecule has 0 fully saturated rings. The fourth-order valence-electron chi connectivity index (χ4n) is 0.644. The number of ether oxygens (including phenoxy) is 2. The topological polar surface area (TPSA) is 98.7 Å². The fourth-order valence-corrected chi connectivity index (χ4v) is 1.70. The molecule has 0 amide bonds. The Kier molecular flexibility index (Phi) is 18.8. The second-order valence-electron chi connectivity index (χ2n) is 2.75. The molecule has 2 atom stereocenters. The molecule has 0 rings (SSSR count). The summed E-state index contributed by atoms with van der Waals surface area (Å²) in [6.07, 6.45) is 0. The van der Waals surface area contributed by atoms with Crippen molar-refractivity contribution in [2.24, 2.45) is 0 Å². The van der Waals surface area contributed by atoms with E-state index >= 15 is 0 Å². The zero-order valence-electron chi connectivity index (χ0n) is 10.3. The molecule has 0 aliphatic rings. The molecule has 0 aromatic carbocycles. The van der Waals surface area contributed by atoms with Gasteiger partial charge < -0.3 is 18.6 Å². The summed E-state index contributed by atoms with van der Waals surface area (Å²) >= 11 is 8.26. The van der Waals surface area contributed by atoms with E-state index in [1.807, 2.05) is 0 Å². The summed E-state index contributed by atoms with van der Waals surface area (Å²) in [5, 5.41) is 0. The molecule has 6 nitrogen and oxygen atoms in total. The van der Waals surface area contributed by atoms with Gasteiger partial charge in [-0.05, 0) is 39.9 Å². The zero-order chi connectivity index (χ0) is 12.7. The van der Waals surface area contributed by atoms with Crippen LogP contribution in [0, 0.1) is 0 Å². The number of hydrogen-bond acceptors (Lipinski definition) is 8. The van der Waals surface area contributed by atoms with Crippen LogP contribution in [0.1, 0.15) is 0 Å². The van der Waals surface area contributed by atoms with Crippen LogP contribution in [0.4, 0.5) is 0 Å². The molecule has 0 aromatic heterocycles. The van der Waals surface area contributed by atoms with Crippen LogP contribution in [0.25, 0.3) is 0 Å². The minimum absolute atomic E-state index is 0. The minimum Gasteiger partial charge on any atom is -0.769 e. The molecule has 12 heteroatoms. The summed E-state index contributed by atoms with van der Waals surface area (Å²) < 4.78 is 51.8.